The quantitative estimate of drug-likeness (QED) is 0.832. The maximum Gasteiger partial charge on any atom is 0.230 e. The van der Waals surface area contributed by atoms with Crippen LogP contribution in [0.2, 0.25) is 0 Å². The number of piperidine rings is 1. The van der Waals surface area contributed by atoms with Crippen LogP contribution in [0.5, 0.6) is 0 Å². The molecular formula is C17H26N4O2S. The van der Waals surface area contributed by atoms with Crippen LogP contribution in [0.1, 0.15) is 42.1 Å². The van der Waals surface area contributed by atoms with Crippen molar-refractivity contribution in [2.45, 2.75) is 51.6 Å². The van der Waals surface area contributed by atoms with Crippen LogP contribution in [-0.2, 0) is 16.1 Å². The number of hydrogen-bond acceptors (Lipinski definition) is 6. The Hall–Kier alpha value is -1.05. The van der Waals surface area contributed by atoms with Gasteiger partial charge in [-0.15, -0.1) is 21.5 Å². The lowest BCUT2D eigenvalue weighted by Crippen LogP contribution is -2.54. The van der Waals surface area contributed by atoms with Crippen molar-refractivity contribution < 1.29 is 9.53 Å². The molecule has 24 heavy (non-hydrogen) atoms. The van der Waals surface area contributed by atoms with Gasteiger partial charge in [-0.3, -0.25) is 9.69 Å². The van der Waals surface area contributed by atoms with Crippen molar-refractivity contribution in [2.75, 3.05) is 32.8 Å². The number of aryl methyl sites for hydroxylation is 1. The summed E-state index contributed by atoms with van der Waals surface area (Å²) < 4.78 is 5.47. The first-order valence-electron chi connectivity index (χ1n) is 9.06. The summed E-state index contributed by atoms with van der Waals surface area (Å²) in [4.78, 5) is 17.9. The van der Waals surface area contributed by atoms with Gasteiger partial charge in [-0.05, 0) is 45.6 Å². The molecule has 1 aromatic rings. The van der Waals surface area contributed by atoms with Gasteiger partial charge in [0.15, 0.2) is 0 Å². The van der Waals surface area contributed by atoms with Crippen molar-refractivity contribution in [3.63, 3.8) is 0 Å². The number of aromatic nitrogens is 2. The highest BCUT2D eigenvalue weighted by Gasteiger charge is 2.49. The zero-order chi connectivity index (χ0) is 16.6. The highest BCUT2D eigenvalue weighted by molar-refractivity contribution is 7.11. The maximum atomic E-state index is 13.3. The number of hydrogen-bond donors (Lipinski definition) is 0. The maximum absolute atomic E-state index is 13.3. The Bertz CT molecular complexity index is 601. The molecule has 1 spiro atoms. The van der Waals surface area contributed by atoms with Crippen LogP contribution in [0.3, 0.4) is 0 Å². The second-order valence-electron chi connectivity index (χ2n) is 7.40. The van der Waals surface area contributed by atoms with E-state index in [1.807, 2.05) is 6.92 Å². The summed E-state index contributed by atoms with van der Waals surface area (Å²) in [6.07, 6.45) is 5.15. The van der Waals surface area contributed by atoms with Gasteiger partial charge in [0.05, 0.1) is 12.0 Å². The van der Waals surface area contributed by atoms with Crippen molar-refractivity contribution in [1.82, 2.24) is 20.0 Å². The molecule has 1 atom stereocenters. The molecule has 4 heterocycles. The zero-order valence-electron chi connectivity index (χ0n) is 14.4. The monoisotopic (exact) mass is 350 g/mol. The standard InChI is InChI=1S/C17H26N4O2S/c1-13-18-19-15(24-13)11-20-8-6-17(12-20)5-2-7-21(16(17)22)14-3-9-23-10-4-14/h14H,2-12H2,1H3. The molecule has 1 unspecified atom stereocenters. The van der Waals surface area contributed by atoms with Crippen molar-refractivity contribution >= 4 is 17.2 Å². The van der Waals surface area contributed by atoms with Crippen LogP contribution in [0.25, 0.3) is 0 Å². The van der Waals surface area contributed by atoms with Gasteiger partial charge in [0.2, 0.25) is 5.91 Å². The Morgan fingerprint density at radius 3 is 2.83 bits per heavy atom. The lowest BCUT2D eigenvalue weighted by atomic mass is 9.77. The van der Waals surface area contributed by atoms with Gasteiger partial charge in [0.25, 0.3) is 0 Å². The van der Waals surface area contributed by atoms with E-state index in [-0.39, 0.29) is 5.41 Å². The predicted molar refractivity (Wildman–Crippen MR) is 91.8 cm³/mol. The number of ether oxygens (including phenoxy) is 1. The van der Waals surface area contributed by atoms with E-state index in [9.17, 15) is 4.79 Å². The fourth-order valence-electron chi connectivity index (χ4n) is 4.51. The molecule has 3 aliphatic heterocycles. The molecule has 6 nitrogen and oxygen atoms in total. The fourth-order valence-corrected chi connectivity index (χ4v) is 5.26. The molecule has 132 valence electrons. The third-order valence-electron chi connectivity index (χ3n) is 5.76. The lowest BCUT2D eigenvalue weighted by molar-refractivity contribution is -0.150. The number of nitrogens with zero attached hydrogens (tertiary/aromatic N) is 4. The molecule has 7 heteroatoms. The largest absolute Gasteiger partial charge is 0.381 e. The topological polar surface area (TPSA) is 58.6 Å². The van der Waals surface area contributed by atoms with Crippen molar-refractivity contribution in [2.24, 2.45) is 5.41 Å². The number of carbonyl (C=O) groups excluding carboxylic acids is 1. The molecular weight excluding hydrogens is 324 g/mol. The number of carbonyl (C=O) groups is 1. The summed E-state index contributed by atoms with van der Waals surface area (Å²) in [5.74, 6) is 0.400. The summed E-state index contributed by atoms with van der Waals surface area (Å²) in [6, 6.07) is 0.392. The van der Waals surface area contributed by atoms with Gasteiger partial charge in [0.1, 0.15) is 10.0 Å². The molecule has 0 bridgehead atoms. The van der Waals surface area contributed by atoms with Crippen LogP contribution in [0, 0.1) is 12.3 Å². The van der Waals surface area contributed by atoms with Gasteiger partial charge in [-0.2, -0.15) is 0 Å². The predicted octanol–water partition coefficient (Wildman–Crippen LogP) is 1.84. The molecule has 0 aromatic carbocycles. The highest BCUT2D eigenvalue weighted by Crippen LogP contribution is 2.41. The molecule has 3 saturated heterocycles. The SMILES string of the molecule is Cc1nnc(CN2CCC3(CCCN(C4CCOCC4)C3=O)C2)s1. The minimum atomic E-state index is -0.156. The second kappa shape index (κ2) is 6.69. The van der Waals surface area contributed by atoms with Gasteiger partial charge in [0, 0.05) is 32.3 Å². The van der Waals surface area contributed by atoms with E-state index in [0.29, 0.717) is 11.9 Å². The highest BCUT2D eigenvalue weighted by atomic mass is 32.1. The molecule has 0 radical (unpaired) electrons. The van der Waals surface area contributed by atoms with Crippen molar-refractivity contribution in [1.29, 1.82) is 0 Å². The van der Waals surface area contributed by atoms with Gasteiger partial charge in [-0.25, -0.2) is 0 Å². The molecule has 0 aliphatic carbocycles. The Labute approximate surface area is 147 Å². The molecule has 4 rings (SSSR count). The van der Waals surface area contributed by atoms with E-state index < -0.39 is 0 Å². The third-order valence-corrected chi connectivity index (χ3v) is 6.58. The number of rotatable bonds is 3. The average molecular weight is 350 g/mol. The number of likely N-dealkylation sites (tertiary alicyclic amines) is 2. The van der Waals surface area contributed by atoms with Crippen LogP contribution < -0.4 is 0 Å². The third kappa shape index (κ3) is 3.09. The van der Waals surface area contributed by atoms with Crippen LogP contribution in [0.4, 0.5) is 0 Å². The second-order valence-corrected chi connectivity index (χ2v) is 8.67. The van der Waals surface area contributed by atoms with E-state index >= 15 is 0 Å². The molecule has 0 N–H and O–H groups in total. The van der Waals surface area contributed by atoms with Crippen LogP contribution >= 0.6 is 11.3 Å². The van der Waals surface area contributed by atoms with E-state index in [1.54, 1.807) is 11.3 Å². The summed E-state index contributed by atoms with van der Waals surface area (Å²) >= 11 is 1.66. The van der Waals surface area contributed by atoms with Crippen molar-refractivity contribution in [3.8, 4) is 0 Å². The Morgan fingerprint density at radius 2 is 2.08 bits per heavy atom. The summed E-state index contributed by atoms with van der Waals surface area (Å²) in [6.45, 7) is 7.21. The minimum Gasteiger partial charge on any atom is -0.381 e. The first-order valence-corrected chi connectivity index (χ1v) is 9.88. The molecule has 1 aromatic heterocycles. The normalized spacial score (nSPS) is 29.7. The summed E-state index contributed by atoms with van der Waals surface area (Å²) in [7, 11) is 0. The van der Waals surface area contributed by atoms with E-state index in [2.05, 4.69) is 20.0 Å². The first kappa shape index (κ1) is 16.4. The smallest absolute Gasteiger partial charge is 0.230 e. The molecule has 3 fully saturated rings. The molecule has 3 aliphatic rings. The van der Waals surface area contributed by atoms with Gasteiger partial charge < -0.3 is 9.64 Å². The Morgan fingerprint density at radius 1 is 1.25 bits per heavy atom. The number of amides is 1. The van der Waals surface area contributed by atoms with E-state index in [0.717, 1.165) is 81.5 Å². The zero-order valence-corrected chi connectivity index (χ0v) is 15.2. The van der Waals surface area contributed by atoms with E-state index in [4.69, 9.17) is 4.74 Å². The fraction of sp³-hybridized carbons (Fsp3) is 0.824. The molecule has 0 saturated carbocycles. The Balaban J connectivity index is 1.43. The van der Waals surface area contributed by atoms with Crippen LogP contribution in [-0.4, -0.2) is 64.8 Å². The van der Waals surface area contributed by atoms with Gasteiger partial charge in [-0.1, -0.05) is 0 Å². The summed E-state index contributed by atoms with van der Waals surface area (Å²) in [5.41, 5.74) is -0.156. The van der Waals surface area contributed by atoms with Crippen molar-refractivity contribution in [3.05, 3.63) is 10.0 Å². The molecule has 1 amide bonds. The van der Waals surface area contributed by atoms with Gasteiger partial charge >= 0.3 is 0 Å². The lowest BCUT2D eigenvalue weighted by Gasteiger charge is -2.44. The summed E-state index contributed by atoms with van der Waals surface area (Å²) in [5, 5.41) is 10.4. The first-order chi connectivity index (χ1) is 11.7. The minimum absolute atomic E-state index is 0.156. The average Bonchev–Trinajstić information content (AvgIpc) is 3.19. The van der Waals surface area contributed by atoms with Crippen LogP contribution in [0.15, 0.2) is 0 Å². The Kier molecular flexibility index (Phi) is 4.58. The van der Waals surface area contributed by atoms with E-state index in [1.165, 1.54) is 0 Å².